The molecule has 3 unspecified atom stereocenters. The monoisotopic (exact) mass is 337 g/mol. The highest BCUT2D eigenvalue weighted by Crippen LogP contribution is 2.41. The number of anilines is 1. The summed E-state index contributed by atoms with van der Waals surface area (Å²) in [4.78, 5) is 0. The van der Waals surface area contributed by atoms with Crippen LogP contribution in [0.5, 0.6) is 5.75 Å². The number of halogens is 1. The second kappa shape index (κ2) is 6.38. The second-order valence-electron chi connectivity index (χ2n) is 6.30. The van der Waals surface area contributed by atoms with Crippen LogP contribution in [0.1, 0.15) is 44.9 Å². The molecule has 0 bridgehead atoms. The van der Waals surface area contributed by atoms with E-state index in [9.17, 15) is 0 Å². The number of fused-ring (bicyclic) bond motifs is 1. The minimum Gasteiger partial charge on any atom is -0.497 e. The van der Waals surface area contributed by atoms with E-state index in [1.54, 1.807) is 7.11 Å². The van der Waals surface area contributed by atoms with Gasteiger partial charge in [0.25, 0.3) is 0 Å². The number of methoxy groups -OCH3 is 1. The molecule has 0 spiro atoms. The summed E-state index contributed by atoms with van der Waals surface area (Å²) in [6.45, 7) is 0. The molecule has 2 nitrogen and oxygen atoms in total. The van der Waals surface area contributed by atoms with Crippen LogP contribution in [0.25, 0.3) is 0 Å². The molecule has 2 fully saturated rings. The number of rotatable bonds is 3. The third kappa shape index (κ3) is 3.13. The lowest BCUT2D eigenvalue weighted by molar-refractivity contribution is 0.162. The van der Waals surface area contributed by atoms with Gasteiger partial charge in [0.15, 0.2) is 0 Å². The maximum absolute atomic E-state index is 5.32. The summed E-state index contributed by atoms with van der Waals surface area (Å²) in [6, 6.07) is 6.77. The zero-order chi connectivity index (χ0) is 13.9. The van der Waals surface area contributed by atoms with Crippen molar-refractivity contribution in [1.82, 2.24) is 0 Å². The van der Waals surface area contributed by atoms with E-state index in [1.165, 1.54) is 50.6 Å². The molecule has 0 heterocycles. The smallest absolute Gasteiger partial charge is 0.121 e. The van der Waals surface area contributed by atoms with Crippen molar-refractivity contribution in [3.05, 3.63) is 22.7 Å². The van der Waals surface area contributed by atoms with Crippen molar-refractivity contribution in [1.29, 1.82) is 0 Å². The van der Waals surface area contributed by atoms with E-state index < -0.39 is 0 Å². The SMILES string of the molecule is COc1ccc(Br)c(NC2CCC3CCCCC3C2)c1. The van der Waals surface area contributed by atoms with Gasteiger partial charge < -0.3 is 10.1 Å². The Balaban J connectivity index is 1.66. The zero-order valence-electron chi connectivity index (χ0n) is 12.2. The van der Waals surface area contributed by atoms with E-state index in [4.69, 9.17) is 4.74 Å². The molecule has 1 aromatic carbocycles. The van der Waals surface area contributed by atoms with Gasteiger partial charge in [-0.2, -0.15) is 0 Å². The van der Waals surface area contributed by atoms with Crippen molar-refractivity contribution >= 4 is 21.6 Å². The van der Waals surface area contributed by atoms with E-state index in [2.05, 4.69) is 33.4 Å². The lowest BCUT2D eigenvalue weighted by atomic mass is 9.69. The Morgan fingerprint density at radius 1 is 1.10 bits per heavy atom. The molecule has 110 valence electrons. The quantitative estimate of drug-likeness (QED) is 0.815. The Morgan fingerprint density at radius 2 is 1.90 bits per heavy atom. The first-order chi connectivity index (χ1) is 9.76. The fourth-order valence-electron chi connectivity index (χ4n) is 3.97. The van der Waals surface area contributed by atoms with Crippen LogP contribution < -0.4 is 10.1 Å². The van der Waals surface area contributed by atoms with E-state index in [0.717, 1.165) is 22.1 Å². The fraction of sp³-hybridized carbons (Fsp3) is 0.647. The third-order valence-corrected chi connectivity index (χ3v) is 5.76. The minimum atomic E-state index is 0.623. The lowest BCUT2D eigenvalue weighted by Gasteiger charge is -2.40. The summed E-state index contributed by atoms with van der Waals surface area (Å²) < 4.78 is 6.45. The summed E-state index contributed by atoms with van der Waals surface area (Å²) in [6.07, 6.45) is 9.88. The van der Waals surface area contributed by atoms with E-state index in [1.807, 2.05) is 6.07 Å². The van der Waals surface area contributed by atoms with Crippen molar-refractivity contribution in [2.24, 2.45) is 11.8 Å². The Kier molecular flexibility index (Phi) is 4.54. The van der Waals surface area contributed by atoms with Crippen LogP contribution in [-0.4, -0.2) is 13.2 Å². The molecule has 0 radical (unpaired) electrons. The van der Waals surface area contributed by atoms with Crippen LogP contribution in [0.15, 0.2) is 22.7 Å². The molecule has 1 aromatic rings. The number of ether oxygens (including phenoxy) is 1. The van der Waals surface area contributed by atoms with Gasteiger partial charge in [-0.05, 0) is 59.2 Å². The molecule has 2 aliphatic carbocycles. The van der Waals surface area contributed by atoms with Crippen LogP contribution in [0, 0.1) is 11.8 Å². The zero-order valence-corrected chi connectivity index (χ0v) is 13.8. The normalized spacial score (nSPS) is 29.6. The fourth-order valence-corrected chi connectivity index (χ4v) is 4.33. The van der Waals surface area contributed by atoms with Crippen LogP contribution in [-0.2, 0) is 0 Å². The summed E-state index contributed by atoms with van der Waals surface area (Å²) in [7, 11) is 1.72. The number of nitrogens with one attached hydrogen (secondary N) is 1. The highest BCUT2D eigenvalue weighted by molar-refractivity contribution is 9.10. The highest BCUT2D eigenvalue weighted by atomic mass is 79.9. The predicted octanol–water partition coefficient (Wildman–Crippen LogP) is 5.23. The molecular formula is C17H24BrNO. The minimum absolute atomic E-state index is 0.623. The van der Waals surface area contributed by atoms with Gasteiger partial charge in [-0.15, -0.1) is 0 Å². The Labute approximate surface area is 130 Å². The van der Waals surface area contributed by atoms with Gasteiger partial charge in [-0.25, -0.2) is 0 Å². The molecule has 3 rings (SSSR count). The molecule has 0 aromatic heterocycles. The van der Waals surface area contributed by atoms with Gasteiger partial charge in [-0.3, -0.25) is 0 Å². The number of hydrogen-bond donors (Lipinski definition) is 1. The first-order valence-corrected chi connectivity index (χ1v) is 8.65. The topological polar surface area (TPSA) is 21.3 Å². The summed E-state index contributed by atoms with van der Waals surface area (Å²) >= 11 is 3.64. The van der Waals surface area contributed by atoms with Gasteiger partial charge in [0.05, 0.1) is 12.8 Å². The first-order valence-electron chi connectivity index (χ1n) is 7.86. The second-order valence-corrected chi connectivity index (χ2v) is 7.16. The van der Waals surface area contributed by atoms with Crippen molar-refractivity contribution in [2.75, 3.05) is 12.4 Å². The summed E-state index contributed by atoms with van der Waals surface area (Å²) in [5.41, 5.74) is 1.17. The molecular weight excluding hydrogens is 314 g/mol. The van der Waals surface area contributed by atoms with Crippen LogP contribution in [0.2, 0.25) is 0 Å². The largest absolute Gasteiger partial charge is 0.497 e. The van der Waals surface area contributed by atoms with E-state index in [0.29, 0.717) is 6.04 Å². The first kappa shape index (κ1) is 14.2. The van der Waals surface area contributed by atoms with Crippen LogP contribution >= 0.6 is 15.9 Å². The van der Waals surface area contributed by atoms with Crippen molar-refractivity contribution < 1.29 is 4.74 Å². The maximum atomic E-state index is 5.32. The van der Waals surface area contributed by atoms with E-state index in [-0.39, 0.29) is 0 Å². The Morgan fingerprint density at radius 3 is 2.70 bits per heavy atom. The van der Waals surface area contributed by atoms with E-state index >= 15 is 0 Å². The number of hydrogen-bond acceptors (Lipinski definition) is 2. The molecule has 20 heavy (non-hydrogen) atoms. The number of benzene rings is 1. The highest BCUT2D eigenvalue weighted by Gasteiger charge is 2.32. The van der Waals surface area contributed by atoms with Gasteiger partial charge in [0.1, 0.15) is 5.75 Å². The lowest BCUT2D eigenvalue weighted by Crippen LogP contribution is -2.34. The van der Waals surface area contributed by atoms with Gasteiger partial charge in [-0.1, -0.05) is 25.7 Å². The maximum Gasteiger partial charge on any atom is 0.121 e. The molecule has 0 saturated heterocycles. The standard InChI is InChI=1S/C17H24BrNO/c1-20-15-8-9-16(18)17(11-15)19-14-7-6-12-4-2-3-5-13(12)10-14/h8-9,11-14,19H,2-7,10H2,1H3. The van der Waals surface area contributed by atoms with Crippen molar-refractivity contribution in [2.45, 2.75) is 51.0 Å². The molecule has 0 amide bonds. The molecule has 3 heteroatoms. The molecule has 2 saturated carbocycles. The van der Waals surface area contributed by atoms with Crippen molar-refractivity contribution in [3.8, 4) is 5.75 Å². The Bertz CT molecular complexity index is 462. The van der Waals surface area contributed by atoms with Crippen LogP contribution in [0.4, 0.5) is 5.69 Å². The summed E-state index contributed by atoms with van der Waals surface area (Å²) in [5, 5.41) is 3.73. The predicted molar refractivity (Wildman–Crippen MR) is 87.4 cm³/mol. The molecule has 0 aliphatic heterocycles. The third-order valence-electron chi connectivity index (χ3n) is 5.07. The summed E-state index contributed by atoms with van der Waals surface area (Å²) in [5.74, 6) is 2.89. The molecule has 3 atom stereocenters. The van der Waals surface area contributed by atoms with Gasteiger partial charge >= 0.3 is 0 Å². The average molecular weight is 338 g/mol. The Hall–Kier alpha value is -0.700. The molecule has 1 N–H and O–H groups in total. The van der Waals surface area contributed by atoms with Crippen molar-refractivity contribution in [3.63, 3.8) is 0 Å². The van der Waals surface area contributed by atoms with Gasteiger partial charge in [0, 0.05) is 16.6 Å². The molecule has 2 aliphatic rings. The van der Waals surface area contributed by atoms with Crippen LogP contribution in [0.3, 0.4) is 0 Å². The average Bonchev–Trinajstić information content (AvgIpc) is 2.49. The van der Waals surface area contributed by atoms with Gasteiger partial charge in [0.2, 0.25) is 0 Å².